The Balaban J connectivity index is 2.21. The van der Waals surface area contributed by atoms with E-state index in [4.69, 9.17) is 0 Å². The van der Waals surface area contributed by atoms with Crippen molar-refractivity contribution >= 4 is 10.1 Å². The molecule has 1 heterocycles. The minimum absolute atomic E-state index is 0.262. The van der Waals surface area contributed by atoms with Gasteiger partial charge in [-0.05, 0) is 0 Å². The summed E-state index contributed by atoms with van der Waals surface area (Å²) in [5.74, 6) is 0.583. The van der Waals surface area contributed by atoms with Crippen LogP contribution in [0.25, 0.3) is 0 Å². The normalized spacial score (nSPS) is 35.6. The minimum atomic E-state index is 0.262. The van der Waals surface area contributed by atoms with Crippen LogP contribution in [-0.4, -0.2) is 28.0 Å². The molecule has 1 amide bonds. The summed E-state index contributed by atoms with van der Waals surface area (Å²) < 4.78 is 1.09. The van der Waals surface area contributed by atoms with Crippen molar-refractivity contribution in [2.45, 2.75) is 25.3 Å². The van der Waals surface area contributed by atoms with Gasteiger partial charge in [0.2, 0.25) is 0 Å². The van der Waals surface area contributed by atoms with E-state index in [1.807, 2.05) is 7.05 Å². The molecule has 0 spiro atoms. The van der Waals surface area contributed by atoms with Crippen molar-refractivity contribution in [2.75, 3.05) is 7.05 Å². The van der Waals surface area contributed by atoms with Crippen LogP contribution in [-0.2, 0) is 24.1 Å². The van der Waals surface area contributed by atoms with Crippen molar-refractivity contribution in [3.8, 4) is 0 Å². The molecule has 1 aliphatic heterocycles. The van der Waals surface area contributed by atoms with Gasteiger partial charge in [-0.15, -0.1) is 0 Å². The molecule has 2 fully saturated rings. The Morgan fingerprint density at radius 1 is 1.58 bits per heavy atom. The van der Waals surface area contributed by atoms with E-state index in [-0.39, 0.29) is 5.92 Å². The molecule has 0 radical (unpaired) electrons. The molecule has 12 heavy (non-hydrogen) atoms. The molecule has 1 N–H and O–H groups in total. The SMILES string of the molecule is CN1C(=O)C2CCCC2N[C]1=[W]. The van der Waals surface area contributed by atoms with E-state index in [9.17, 15) is 4.79 Å². The van der Waals surface area contributed by atoms with Crippen LogP contribution in [0.2, 0.25) is 0 Å². The van der Waals surface area contributed by atoms with E-state index in [0.717, 1.165) is 10.6 Å². The van der Waals surface area contributed by atoms with Gasteiger partial charge in [-0.3, -0.25) is 0 Å². The van der Waals surface area contributed by atoms with E-state index < -0.39 is 0 Å². The fourth-order valence-electron chi connectivity index (χ4n) is 2.03. The van der Waals surface area contributed by atoms with Crippen molar-refractivity contribution < 1.29 is 24.1 Å². The van der Waals surface area contributed by atoms with Crippen LogP contribution in [0.15, 0.2) is 0 Å². The molecule has 0 aromatic carbocycles. The van der Waals surface area contributed by atoms with Gasteiger partial charge in [0.25, 0.3) is 0 Å². The Morgan fingerprint density at radius 3 is 3.08 bits per heavy atom. The van der Waals surface area contributed by atoms with Crippen LogP contribution in [0.5, 0.6) is 0 Å². The third-order valence-electron chi connectivity index (χ3n) is 2.78. The summed E-state index contributed by atoms with van der Waals surface area (Å²) in [4.78, 5) is 13.5. The molecular weight excluding hydrogens is 324 g/mol. The van der Waals surface area contributed by atoms with E-state index in [1.165, 1.54) is 32.2 Å². The van der Waals surface area contributed by atoms with Gasteiger partial charge in [-0.1, -0.05) is 0 Å². The quantitative estimate of drug-likeness (QED) is 0.668. The number of nitrogens with one attached hydrogen (secondary N) is 1. The summed E-state index contributed by atoms with van der Waals surface area (Å²) >= 11 is 1.35. The summed E-state index contributed by atoms with van der Waals surface area (Å²) in [6, 6.07) is 0.446. The Hall–Kier alpha value is -0.0117. The molecule has 66 valence electrons. The number of hydrogen-bond donors (Lipinski definition) is 1. The maximum atomic E-state index is 11.7. The maximum absolute atomic E-state index is 11.7. The van der Waals surface area contributed by atoms with Crippen LogP contribution in [0.3, 0.4) is 0 Å². The first-order valence-electron chi connectivity index (χ1n) is 4.28. The van der Waals surface area contributed by atoms with Gasteiger partial charge in [0.05, 0.1) is 0 Å². The average molecular weight is 336 g/mol. The third kappa shape index (κ3) is 1.19. The fraction of sp³-hybridized carbons (Fsp3) is 0.750. The molecule has 4 heteroatoms. The first kappa shape index (κ1) is 8.58. The summed E-state index contributed by atoms with van der Waals surface area (Å²) in [6.45, 7) is 0. The van der Waals surface area contributed by atoms with E-state index >= 15 is 0 Å². The van der Waals surface area contributed by atoms with Gasteiger partial charge < -0.3 is 0 Å². The van der Waals surface area contributed by atoms with E-state index in [1.54, 1.807) is 4.90 Å². The zero-order valence-corrected chi connectivity index (χ0v) is 9.97. The number of carbonyl (C=O) groups is 1. The van der Waals surface area contributed by atoms with Crippen molar-refractivity contribution in [3.63, 3.8) is 0 Å². The van der Waals surface area contributed by atoms with Gasteiger partial charge in [-0.25, -0.2) is 0 Å². The van der Waals surface area contributed by atoms with Crippen LogP contribution >= 0.6 is 0 Å². The number of fused-ring (bicyclic) bond motifs is 1. The van der Waals surface area contributed by atoms with Crippen LogP contribution in [0.4, 0.5) is 0 Å². The molecule has 2 rings (SSSR count). The standard InChI is InChI=1S/C8H12N2O.W/c1-10-5-9-7-4-2-3-6(7)8(10)11;/h6-7,9H,2-4H2,1H3;. The van der Waals surface area contributed by atoms with Crippen molar-refractivity contribution in [2.24, 2.45) is 5.92 Å². The Bertz CT molecular complexity index is 241. The predicted molar refractivity (Wildman–Crippen MR) is 42.0 cm³/mol. The van der Waals surface area contributed by atoms with Gasteiger partial charge in [0.15, 0.2) is 0 Å². The number of carbonyl (C=O) groups excluding carboxylic acids is 1. The molecule has 0 bridgehead atoms. The van der Waals surface area contributed by atoms with E-state index in [0.29, 0.717) is 11.9 Å². The summed E-state index contributed by atoms with van der Waals surface area (Å²) in [7, 11) is 1.87. The first-order chi connectivity index (χ1) is 5.70. The number of amides is 1. The molecule has 0 aromatic heterocycles. The second-order valence-corrected chi connectivity index (χ2v) is 4.88. The Morgan fingerprint density at radius 2 is 2.33 bits per heavy atom. The van der Waals surface area contributed by atoms with Crippen molar-refractivity contribution in [3.05, 3.63) is 0 Å². The van der Waals surface area contributed by atoms with Crippen LogP contribution in [0, 0.1) is 5.92 Å². The van der Waals surface area contributed by atoms with E-state index in [2.05, 4.69) is 5.32 Å². The van der Waals surface area contributed by atoms with Crippen LogP contribution in [0.1, 0.15) is 19.3 Å². The summed E-state index contributed by atoms with van der Waals surface area (Å²) in [6.07, 6.45) is 3.44. The number of hydrogen-bond acceptors (Lipinski definition) is 2. The monoisotopic (exact) mass is 336 g/mol. The molecule has 0 aromatic rings. The second kappa shape index (κ2) is 3.04. The molecule has 2 atom stereocenters. The molecule has 3 nitrogen and oxygen atoms in total. The zero-order valence-electron chi connectivity index (χ0n) is 7.04. The molecule has 1 aliphatic carbocycles. The van der Waals surface area contributed by atoms with Gasteiger partial charge in [0.1, 0.15) is 0 Å². The second-order valence-electron chi connectivity index (χ2n) is 3.49. The first-order valence-corrected chi connectivity index (χ1v) is 5.75. The van der Waals surface area contributed by atoms with Crippen molar-refractivity contribution in [1.82, 2.24) is 10.2 Å². The Labute approximate surface area is 82.9 Å². The average Bonchev–Trinajstić information content (AvgIpc) is 2.48. The van der Waals surface area contributed by atoms with Gasteiger partial charge >= 0.3 is 82.7 Å². The van der Waals surface area contributed by atoms with Crippen molar-refractivity contribution in [1.29, 1.82) is 0 Å². The van der Waals surface area contributed by atoms with Crippen LogP contribution < -0.4 is 5.32 Å². The molecule has 2 unspecified atom stereocenters. The zero-order chi connectivity index (χ0) is 8.72. The molecule has 1 saturated carbocycles. The number of rotatable bonds is 0. The molecule has 2 aliphatic rings. The predicted octanol–water partition coefficient (Wildman–Crippen LogP) is -0.149. The third-order valence-corrected chi connectivity index (χ3v) is 4.18. The molecular formula is C8H12N2OW. The summed E-state index contributed by atoms with van der Waals surface area (Å²) in [5, 5.41) is 3.42. The fourth-order valence-corrected chi connectivity index (χ4v) is 2.90. The van der Waals surface area contributed by atoms with Gasteiger partial charge in [0, 0.05) is 0 Å². The summed E-state index contributed by atoms with van der Waals surface area (Å²) in [5.41, 5.74) is 0. The molecule has 1 saturated heterocycles. The topological polar surface area (TPSA) is 32.3 Å². The number of nitrogens with zero attached hydrogens (tertiary/aromatic N) is 1. The van der Waals surface area contributed by atoms with Gasteiger partial charge in [-0.2, -0.15) is 0 Å². The Kier molecular flexibility index (Phi) is 2.17.